The van der Waals surface area contributed by atoms with Gasteiger partial charge < -0.3 is 5.11 Å². The van der Waals surface area contributed by atoms with Crippen LogP contribution in [0.5, 0.6) is 0 Å². The van der Waals surface area contributed by atoms with E-state index in [4.69, 9.17) is 10.2 Å². The molecule has 212 valence electrons. The Balaban J connectivity index is 1.51. The standard InChI is InChI=1S/C29H26F2N4O4S2/c30-22-9-8-20(14-19(22)7-5-16-1-2-16)27-21(11-18-6-10-26(23(31)12-18)41(32,38)39)25(13-17-3-4-17)35(34-27)29-33-24(15-40-29)28(36)37/h5-10,12,14-17H,1-4,11,13H2,(H,36,37)(H2,32,38,39). The van der Waals surface area contributed by atoms with E-state index in [0.29, 0.717) is 45.8 Å². The molecule has 2 fully saturated rings. The fourth-order valence-corrected chi connectivity index (χ4v) is 6.12. The van der Waals surface area contributed by atoms with Crippen molar-refractivity contribution in [2.75, 3.05) is 0 Å². The number of nitrogens with zero attached hydrogens (tertiary/aromatic N) is 3. The molecule has 0 bridgehead atoms. The highest BCUT2D eigenvalue weighted by atomic mass is 32.2. The van der Waals surface area contributed by atoms with Crippen LogP contribution < -0.4 is 5.14 Å². The fraction of sp³-hybridized carbons (Fsp3) is 0.276. The normalized spacial score (nSPS) is 15.6. The molecule has 2 aliphatic rings. The maximum atomic E-state index is 14.8. The van der Waals surface area contributed by atoms with Crippen LogP contribution in [-0.2, 0) is 22.9 Å². The number of aromatic nitrogens is 3. The van der Waals surface area contributed by atoms with Crippen LogP contribution in [0.25, 0.3) is 22.5 Å². The monoisotopic (exact) mass is 596 g/mol. The predicted molar refractivity (Wildman–Crippen MR) is 150 cm³/mol. The Kier molecular flexibility index (Phi) is 7.08. The van der Waals surface area contributed by atoms with E-state index in [-0.39, 0.29) is 17.9 Å². The summed E-state index contributed by atoms with van der Waals surface area (Å²) in [5, 5.41) is 21.3. The summed E-state index contributed by atoms with van der Waals surface area (Å²) in [7, 11) is -4.23. The van der Waals surface area contributed by atoms with Crippen molar-refractivity contribution < 1.29 is 27.1 Å². The molecule has 0 aliphatic heterocycles. The molecule has 8 nitrogen and oxygen atoms in total. The number of benzene rings is 2. The summed E-state index contributed by atoms with van der Waals surface area (Å²) in [5.74, 6) is -1.61. The Morgan fingerprint density at radius 3 is 2.54 bits per heavy atom. The van der Waals surface area contributed by atoms with Crippen molar-refractivity contribution in [3.05, 3.63) is 87.6 Å². The first-order chi connectivity index (χ1) is 19.6. The highest BCUT2D eigenvalue weighted by Gasteiger charge is 2.30. The van der Waals surface area contributed by atoms with Crippen LogP contribution in [0.2, 0.25) is 0 Å². The van der Waals surface area contributed by atoms with Gasteiger partial charge in [0.25, 0.3) is 0 Å². The molecule has 0 radical (unpaired) electrons. The van der Waals surface area contributed by atoms with Crippen LogP contribution in [0.4, 0.5) is 8.78 Å². The molecule has 0 unspecified atom stereocenters. The van der Waals surface area contributed by atoms with Crippen molar-refractivity contribution in [1.29, 1.82) is 0 Å². The van der Waals surface area contributed by atoms with Crippen molar-refractivity contribution in [1.82, 2.24) is 14.8 Å². The highest BCUT2D eigenvalue weighted by Crippen LogP contribution is 2.39. The molecule has 41 heavy (non-hydrogen) atoms. The van der Waals surface area contributed by atoms with Gasteiger partial charge in [-0.3, -0.25) is 0 Å². The van der Waals surface area contributed by atoms with Crippen molar-refractivity contribution in [2.24, 2.45) is 17.0 Å². The number of sulfonamides is 1. The van der Waals surface area contributed by atoms with Gasteiger partial charge in [0.15, 0.2) is 5.69 Å². The molecule has 2 aromatic heterocycles. The Morgan fingerprint density at radius 1 is 1.12 bits per heavy atom. The Hall–Kier alpha value is -3.74. The summed E-state index contributed by atoms with van der Waals surface area (Å²) >= 11 is 1.14. The molecule has 0 saturated heterocycles. The van der Waals surface area contributed by atoms with E-state index in [1.807, 2.05) is 6.08 Å². The number of carbonyl (C=O) groups is 1. The minimum absolute atomic E-state index is 0.101. The predicted octanol–water partition coefficient (Wildman–Crippen LogP) is 5.59. The molecule has 2 saturated carbocycles. The van der Waals surface area contributed by atoms with Gasteiger partial charge >= 0.3 is 5.97 Å². The second-order valence-electron chi connectivity index (χ2n) is 10.6. The molecule has 2 aromatic carbocycles. The third-order valence-corrected chi connectivity index (χ3v) is 9.04. The minimum Gasteiger partial charge on any atom is -0.476 e. The molecule has 0 atom stereocenters. The number of thiazole rings is 1. The average molecular weight is 597 g/mol. The summed E-state index contributed by atoms with van der Waals surface area (Å²) in [5.41, 5.74) is 3.53. The molecule has 6 rings (SSSR count). The van der Waals surface area contributed by atoms with Crippen molar-refractivity contribution in [3.63, 3.8) is 0 Å². The first kappa shape index (κ1) is 27.4. The van der Waals surface area contributed by atoms with E-state index in [1.165, 1.54) is 17.5 Å². The minimum atomic E-state index is -4.23. The number of primary sulfonamides is 1. The number of halogens is 2. The maximum Gasteiger partial charge on any atom is 0.355 e. The molecule has 0 spiro atoms. The number of hydrogen-bond donors (Lipinski definition) is 2. The lowest BCUT2D eigenvalue weighted by Gasteiger charge is -2.10. The largest absolute Gasteiger partial charge is 0.476 e. The number of nitrogens with two attached hydrogens (primary N) is 1. The quantitative estimate of drug-likeness (QED) is 0.246. The van der Waals surface area contributed by atoms with E-state index >= 15 is 0 Å². The van der Waals surface area contributed by atoms with Gasteiger partial charge in [-0.2, -0.15) is 5.10 Å². The second-order valence-corrected chi connectivity index (χ2v) is 12.9. The van der Waals surface area contributed by atoms with Gasteiger partial charge in [-0.05, 0) is 79.8 Å². The molecule has 2 heterocycles. The van der Waals surface area contributed by atoms with Crippen molar-refractivity contribution in [2.45, 2.75) is 43.4 Å². The van der Waals surface area contributed by atoms with Gasteiger partial charge in [-0.25, -0.2) is 36.8 Å². The van der Waals surface area contributed by atoms with Crippen LogP contribution in [0.15, 0.2) is 52.7 Å². The lowest BCUT2D eigenvalue weighted by atomic mass is 9.96. The topological polar surface area (TPSA) is 128 Å². The number of carboxylic acid groups (broad SMARTS) is 1. The van der Waals surface area contributed by atoms with Crippen LogP contribution in [-0.4, -0.2) is 34.3 Å². The lowest BCUT2D eigenvalue weighted by molar-refractivity contribution is 0.0691. The van der Waals surface area contributed by atoms with Crippen LogP contribution in [0, 0.1) is 23.5 Å². The lowest BCUT2D eigenvalue weighted by Crippen LogP contribution is -2.14. The SMILES string of the molecule is NS(=O)(=O)c1ccc(Cc2c(-c3ccc(F)c(C=CC4CC4)c3)nn(-c3nc(C(=O)O)cs3)c2CC2CC2)cc1F. The summed E-state index contributed by atoms with van der Waals surface area (Å²) in [6.45, 7) is 0. The van der Waals surface area contributed by atoms with Crippen LogP contribution >= 0.6 is 11.3 Å². The van der Waals surface area contributed by atoms with Crippen molar-refractivity contribution in [3.8, 4) is 16.4 Å². The summed E-state index contributed by atoms with van der Waals surface area (Å²) in [6, 6.07) is 8.53. The molecular formula is C29H26F2N4O4S2. The highest BCUT2D eigenvalue weighted by molar-refractivity contribution is 7.89. The molecule has 2 aliphatic carbocycles. The zero-order valence-corrected chi connectivity index (χ0v) is 23.4. The molecule has 3 N–H and O–H groups in total. The molecule has 12 heteroatoms. The Bertz CT molecular complexity index is 1800. The second kappa shape index (κ2) is 10.6. The first-order valence-corrected chi connectivity index (χ1v) is 15.6. The van der Waals surface area contributed by atoms with Crippen molar-refractivity contribution >= 4 is 33.4 Å². The summed E-state index contributed by atoms with van der Waals surface area (Å²) in [4.78, 5) is 15.2. The maximum absolute atomic E-state index is 14.8. The van der Waals surface area contributed by atoms with Crippen LogP contribution in [0.1, 0.15) is 58.6 Å². The summed E-state index contributed by atoms with van der Waals surface area (Å²) in [6.07, 6.45) is 8.84. The van der Waals surface area contributed by atoms with Crippen LogP contribution in [0.3, 0.4) is 0 Å². The third-order valence-electron chi connectivity index (χ3n) is 7.28. The zero-order chi connectivity index (χ0) is 28.9. The van der Waals surface area contributed by atoms with E-state index in [2.05, 4.69) is 4.98 Å². The number of allylic oxidation sites excluding steroid dienone is 1. The fourth-order valence-electron chi connectivity index (χ4n) is 4.76. The number of rotatable bonds is 10. The van der Waals surface area contributed by atoms with Gasteiger partial charge in [-0.1, -0.05) is 18.2 Å². The zero-order valence-electron chi connectivity index (χ0n) is 21.8. The smallest absolute Gasteiger partial charge is 0.355 e. The van der Waals surface area contributed by atoms with E-state index in [0.717, 1.165) is 60.4 Å². The number of carboxylic acids is 1. The molecule has 0 amide bonds. The van der Waals surface area contributed by atoms with Gasteiger partial charge in [0, 0.05) is 28.5 Å². The molecule has 4 aromatic rings. The van der Waals surface area contributed by atoms with Gasteiger partial charge in [0.05, 0.1) is 11.4 Å². The first-order valence-electron chi connectivity index (χ1n) is 13.2. The number of aromatic carboxylic acids is 1. The Labute approximate surface area is 239 Å². The summed E-state index contributed by atoms with van der Waals surface area (Å²) < 4.78 is 54.7. The van der Waals surface area contributed by atoms with E-state index in [1.54, 1.807) is 22.9 Å². The van der Waals surface area contributed by atoms with Gasteiger partial charge in [0.2, 0.25) is 15.2 Å². The van der Waals surface area contributed by atoms with E-state index in [9.17, 15) is 27.1 Å². The van der Waals surface area contributed by atoms with Gasteiger partial charge in [-0.15, -0.1) is 11.3 Å². The third kappa shape index (κ3) is 5.99. The molecular weight excluding hydrogens is 570 g/mol. The average Bonchev–Trinajstić information content (AvgIpc) is 3.83. The number of hydrogen-bond acceptors (Lipinski definition) is 6. The Morgan fingerprint density at radius 2 is 1.90 bits per heavy atom. The van der Waals surface area contributed by atoms with E-state index < -0.39 is 26.7 Å². The van der Waals surface area contributed by atoms with Gasteiger partial charge in [0.1, 0.15) is 16.5 Å².